The van der Waals surface area contributed by atoms with Crippen LogP contribution in [0.3, 0.4) is 0 Å². The quantitative estimate of drug-likeness (QED) is 0.554. The van der Waals surface area contributed by atoms with E-state index in [2.05, 4.69) is 11.6 Å². The minimum atomic E-state index is -0.904. The summed E-state index contributed by atoms with van der Waals surface area (Å²) in [6.07, 6.45) is 2.23. The maximum Gasteiger partial charge on any atom is 0.563 e. The summed E-state index contributed by atoms with van der Waals surface area (Å²) in [4.78, 5) is 4.25. The lowest BCUT2D eigenvalue weighted by atomic mass is 9.77. The number of aliphatic imine (C=N–C) groups is 1. The summed E-state index contributed by atoms with van der Waals surface area (Å²) in [5.41, 5.74) is 1.48. The standard InChI is InChI=1S/C10H10BNO2/c1-2-5-10-12-9-7-4-3-6-8(9)11(13)14-10/h2-4,6-7,13H,1,5H2. The van der Waals surface area contributed by atoms with Crippen LogP contribution in [0, 0.1) is 0 Å². The molecular weight excluding hydrogens is 177 g/mol. The highest BCUT2D eigenvalue weighted by Gasteiger charge is 2.27. The Hall–Kier alpha value is -1.55. The Morgan fingerprint density at radius 2 is 2.29 bits per heavy atom. The van der Waals surface area contributed by atoms with Crippen LogP contribution >= 0.6 is 0 Å². The first-order valence-corrected chi connectivity index (χ1v) is 4.43. The fraction of sp³-hybridized carbons (Fsp3) is 0.100. The van der Waals surface area contributed by atoms with Crippen molar-refractivity contribution in [2.45, 2.75) is 6.42 Å². The van der Waals surface area contributed by atoms with Gasteiger partial charge in [-0.2, -0.15) is 0 Å². The molecule has 0 amide bonds. The lowest BCUT2D eigenvalue weighted by Gasteiger charge is -2.18. The molecule has 0 bridgehead atoms. The van der Waals surface area contributed by atoms with Crippen molar-refractivity contribution in [2.75, 3.05) is 0 Å². The van der Waals surface area contributed by atoms with Crippen molar-refractivity contribution in [3.63, 3.8) is 0 Å². The van der Waals surface area contributed by atoms with Crippen LogP contribution in [0.2, 0.25) is 0 Å². The summed E-state index contributed by atoms with van der Waals surface area (Å²) in [5, 5.41) is 9.62. The predicted octanol–water partition coefficient (Wildman–Crippen LogP) is 1.01. The van der Waals surface area contributed by atoms with Gasteiger partial charge in [0.05, 0.1) is 5.69 Å². The van der Waals surface area contributed by atoms with Crippen molar-refractivity contribution < 1.29 is 9.68 Å². The van der Waals surface area contributed by atoms with Crippen molar-refractivity contribution >= 4 is 24.2 Å². The molecule has 1 aromatic carbocycles. The first kappa shape index (κ1) is 9.03. The van der Waals surface area contributed by atoms with Gasteiger partial charge in [0.15, 0.2) is 5.90 Å². The van der Waals surface area contributed by atoms with Crippen LogP contribution in [0.4, 0.5) is 5.69 Å². The molecule has 70 valence electrons. The van der Waals surface area contributed by atoms with Gasteiger partial charge in [-0.05, 0) is 6.07 Å². The Morgan fingerprint density at radius 1 is 1.50 bits per heavy atom. The second-order valence-electron chi connectivity index (χ2n) is 3.03. The molecule has 1 heterocycles. The fourth-order valence-corrected chi connectivity index (χ4v) is 1.37. The van der Waals surface area contributed by atoms with Crippen molar-refractivity contribution in [3.05, 3.63) is 36.9 Å². The molecule has 0 spiro atoms. The first-order chi connectivity index (χ1) is 6.81. The van der Waals surface area contributed by atoms with E-state index in [0.29, 0.717) is 17.8 Å². The summed E-state index contributed by atoms with van der Waals surface area (Å²) < 4.78 is 5.19. The maximum atomic E-state index is 9.62. The zero-order valence-corrected chi connectivity index (χ0v) is 7.68. The predicted molar refractivity (Wildman–Crippen MR) is 57.0 cm³/mol. The van der Waals surface area contributed by atoms with Gasteiger partial charge in [-0.3, -0.25) is 0 Å². The molecule has 1 aliphatic rings. The molecule has 14 heavy (non-hydrogen) atoms. The van der Waals surface area contributed by atoms with Crippen LogP contribution < -0.4 is 5.46 Å². The van der Waals surface area contributed by atoms with E-state index in [4.69, 9.17) is 4.65 Å². The Kier molecular flexibility index (Phi) is 2.37. The number of rotatable bonds is 2. The second-order valence-corrected chi connectivity index (χ2v) is 3.03. The average molecular weight is 187 g/mol. The first-order valence-electron chi connectivity index (χ1n) is 4.43. The van der Waals surface area contributed by atoms with E-state index in [-0.39, 0.29) is 0 Å². The lowest BCUT2D eigenvalue weighted by molar-refractivity contribution is 0.419. The normalized spacial score (nSPS) is 14.1. The number of para-hydroxylation sites is 1. The summed E-state index contributed by atoms with van der Waals surface area (Å²) in [6.45, 7) is 3.59. The molecule has 1 N–H and O–H groups in total. The molecule has 0 unspecified atom stereocenters. The molecule has 0 aromatic heterocycles. The van der Waals surface area contributed by atoms with Gasteiger partial charge in [-0.15, -0.1) is 6.58 Å². The zero-order chi connectivity index (χ0) is 9.97. The molecule has 2 rings (SSSR count). The van der Waals surface area contributed by atoms with Crippen LogP contribution in [0.1, 0.15) is 6.42 Å². The second kappa shape index (κ2) is 3.68. The van der Waals surface area contributed by atoms with E-state index < -0.39 is 7.12 Å². The third kappa shape index (κ3) is 1.56. The number of hydrogen-bond donors (Lipinski definition) is 1. The van der Waals surface area contributed by atoms with E-state index in [0.717, 1.165) is 5.69 Å². The largest absolute Gasteiger partial charge is 0.563 e. The van der Waals surface area contributed by atoms with Crippen molar-refractivity contribution in [1.82, 2.24) is 0 Å². The van der Waals surface area contributed by atoms with Gasteiger partial charge in [0, 0.05) is 11.9 Å². The highest BCUT2D eigenvalue weighted by molar-refractivity contribution is 6.64. The zero-order valence-electron chi connectivity index (χ0n) is 7.68. The van der Waals surface area contributed by atoms with Gasteiger partial charge in [0.25, 0.3) is 0 Å². The molecule has 0 saturated heterocycles. The van der Waals surface area contributed by atoms with Crippen LogP contribution in [-0.4, -0.2) is 18.0 Å². The van der Waals surface area contributed by atoms with E-state index in [9.17, 15) is 5.02 Å². The lowest BCUT2D eigenvalue weighted by Crippen LogP contribution is -2.38. The Morgan fingerprint density at radius 3 is 3.07 bits per heavy atom. The Bertz CT molecular complexity index is 389. The third-order valence-electron chi connectivity index (χ3n) is 2.01. The minimum Gasteiger partial charge on any atom is -0.521 e. The smallest absolute Gasteiger partial charge is 0.521 e. The molecule has 0 radical (unpaired) electrons. The summed E-state index contributed by atoms with van der Waals surface area (Å²) in [5.74, 6) is 0.506. The third-order valence-corrected chi connectivity index (χ3v) is 2.01. The molecule has 0 aliphatic carbocycles. The summed E-state index contributed by atoms with van der Waals surface area (Å²) in [6, 6.07) is 7.38. The number of fused-ring (bicyclic) bond motifs is 1. The van der Waals surface area contributed by atoms with Crippen LogP contribution in [0.25, 0.3) is 0 Å². The molecule has 3 nitrogen and oxygen atoms in total. The number of benzene rings is 1. The average Bonchev–Trinajstić information content (AvgIpc) is 2.18. The topological polar surface area (TPSA) is 41.8 Å². The number of nitrogens with zero attached hydrogens (tertiary/aromatic N) is 1. The molecule has 1 aromatic rings. The monoisotopic (exact) mass is 187 g/mol. The molecule has 1 aliphatic heterocycles. The maximum absolute atomic E-state index is 9.62. The van der Waals surface area contributed by atoms with Gasteiger partial charge < -0.3 is 9.68 Å². The molecule has 4 heteroatoms. The highest BCUT2D eigenvalue weighted by Crippen LogP contribution is 2.15. The van der Waals surface area contributed by atoms with Crippen molar-refractivity contribution in [1.29, 1.82) is 0 Å². The van der Waals surface area contributed by atoms with Gasteiger partial charge in [0.2, 0.25) is 0 Å². The van der Waals surface area contributed by atoms with E-state index >= 15 is 0 Å². The molecule has 0 saturated carbocycles. The van der Waals surface area contributed by atoms with Gasteiger partial charge in [0.1, 0.15) is 0 Å². The van der Waals surface area contributed by atoms with Crippen LogP contribution in [-0.2, 0) is 4.65 Å². The molecule has 0 atom stereocenters. The minimum absolute atomic E-state index is 0.506. The van der Waals surface area contributed by atoms with E-state index in [1.165, 1.54) is 0 Å². The highest BCUT2D eigenvalue weighted by atomic mass is 16.5. The van der Waals surface area contributed by atoms with Crippen LogP contribution in [0.5, 0.6) is 0 Å². The van der Waals surface area contributed by atoms with Gasteiger partial charge >= 0.3 is 7.12 Å². The van der Waals surface area contributed by atoms with E-state index in [1.807, 2.05) is 18.2 Å². The number of hydrogen-bond acceptors (Lipinski definition) is 3. The summed E-state index contributed by atoms with van der Waals surface area (Å²) >= 11 is 0. The summed E-state index contributed by atoms with van der Waals surface area (Å²) in [7, 11) is -0.904. The van der Waals surface area contributed by atoms with Gasteiger partial charge in [-0.25, -0.2) is 4.99 Å². The Labute approximate surface area is 82.9 Å². The molecule has 0 fully saturated rings. The fourth-order valence-electron chi connectivity index (χ4n) is 1.37. The van der Waals surface area contributed by atoms with Crippen molar-refractivity contribution in [2.24, 2.45) is 4.99 Å². The van der Waals surface area contributed by atoms with Crippen LogP contribution in [0.15, 0.2) is 41.9 Å². The Balaban J connectivity index is 2.39. The molecular formula is C10H10BNO2. The SMILES string of the molecule is C=CCC1=Nc2ccccc2B(O)O1. The van der Waals surface area contributed by atoms with Gasteiger partial charge in [-0.1, -0.05) is 24.3 Å². The van der Waals surface area contributed by atoms with Crippen molar-refractivity contribution in [3.8, 4) is 0 Å². The van der Waals surface area contributed by atoms with E-state index in [1.54, 1.807) is 12.1 Å².